The largest absolute Gasteiger partial charge is 0.481 e. The van der Waals surface area contributed by atoms with E-state index in [0.29, 0.717) is 0 Å². The van der Waals surface area contributed by atoms with Crippen LogP contribution in [0.4, 0.5) is 0 Å². The van der Waals surface area contributed by atoms with E-state index in [9.17, 15) is 18.0 Å². The fourth-order valence-corrected chi connectivity index (χ4v) is 2.25. The predicted octanol–water partition coefficient (Wildman–Crippen LogP) is -0.779. The third kappa shape index (κ3) is 3.57. The van der Waals surface area contributed by atoms with Crippen molar-refractivity contribution in [2.45, 2.75) is 17.4 Å². The molecule has 9 heteroatoms. The molecule has 4 N–H and O–H groups in total. The van der Waals surface area contributed by atoms with Crippen molar-refractivity contribution in [3.05, 3.63) is 18.5 Å². The zero-order valence-electron chi connectivity index (χ0n) is 8.45. The molecule has 94 valence electrons. The van der Waals surface area contributed by atoms with Crippen LogP contribution < -0.4 is 4.72 Å². The van der Waals surface area contributed by atoms with Crippen molar-refractivity contribution in [2.75, 3.05) is 0 Å². The number of rotatable bonds is 6. The standard InChI is InChI=1S/C8H10N2O6S/c11-7(12)3-6(8(13)14)10-17(15,16)5-1-2-9-4-5/h1-2,4,6,9-10H,3H2,(H,11,12)(H,13,14). The number of sulfonamides is 1. The second kappa shape index (κ2) is 4.97. The van der Waals surface area contributed by atoms with E-state index in [1.54, 1.807) is 4.72 Å². The molecule has 0 aliphatic heterocycles. The SMILES string of the molecule is O=C(O)CC(NS(=O)(=O)c1cc[nH]c1)C(=O)O. The predicted molar refractivity (Wildman–Crippen MR) is 54.8 cm³/mol. The molecule has 1 atom stereocenters. The molecule has 0 amide bonds. The van der Waals surface area contributed by atoms with Gasteiger partial charge in [-0.25, -0.2) is 8.42 Å². The highest BCUT2D eigenvalue weighted by Gasteiger charge is 2.27. The number of hydrogen-bond donors (Lipinski definition) is 4. The number of aromatic nitrogens is 1. The van der Waals surface area contributed by atoms with E-state index >= 15 is 0 Å². The van der Waals surface area contributed by atoms with Gasteiger partial charge in [-0.05, 0) is 6.07 Å². The number of aliphatic carboxylic acids is 2. The number of hydrogen-bond acceptors (Lipinski definition) is 4. The summed E-state index contributed by atoms with van der Waals surface area (Å²) in [6.45, 7) is 0. The Morgan fingerprint density at radius 3 is 2.47 bits per heavy atom. The van der Waals surface area contributed by atoms with E-state index < -0.39 is 34.4 Å². The molecule has 1 aromatic rings. The van der Waals surface area contributed by atoms with Crippen LogP contribution in [0.2, 0.25) is 0 Å². The van der Waals surface area contributed by atoms with Gasteiger partial charge in [0, 0.05) is 12.4 Å². The van der Waals surface area contributed by atoms with Crippen molar-refractivity contribution < 1.29 is 28.2 Å². The molecule has 17 heavy (non-hydrogen) atoms. The van der Waals surface area contributed by atoms with Gasteiger partial charge in [-0.15, -0.1) is 0 Å². The second-order valence-electron chi connectivity index (χ2n) is 3.16. The first-order valence-electron chi connectivity index (χ1n) is 4.42. The van der Waals surface area contributed by atoms with Gasteiger partial charge in [0.1, 0.15) is 6.04 Å². The van der Waals surface area contributed by atoms with Gasteiger partial charge in [0.2, 0.25) is 10.0 Å². The van der Waals surface area contributed by atoms with Crippen molar-refractivity contribution in [3.63, 3.8) is 0 Å². The van der Waals surface area contributed by atoms with Crippen molar-refractivity contribution >= 4 is 22.0 Å². The van der Waals surface area contributed by atoms with Crippen LogP contribution in [0.1, 0.15) is 6.42 Å². The van der Waals surface area contributed by atoms with Crippen LogP contribution in [0.15, 0.2) is 23.4 Å². The summed E-state index contributed by atoms with van der Waals surface area (Å²) in [4.78, 5) is 23.4. The fraction of sp³-hybridized carbons (Fsp3) is 0.250. The van der Waals surface area contributed by atoms with Crippen LogP contribution in [-0.2, 0) is 19.6 Å². The summed E-state index contributed by atoms with van der Waals surface area (Å²) in [5, 5.41) is 17.1. The van der Waals surface area contributed by atoms with Crippen molar-refractivity contribution in [2.24, 2.45) is 0 Å². The summed E-state index contributed by atoms with van der Waals surface area (Å²) in [6, 6.07) is -0.477. The van der Waals surface area contributed by atoms with Gasteiger partial charge >= 0.3 is 11.9 Å². The van der Waals surface area contributed by atoms with E-state index in [0.717, 1.165) is 6.20 Å². The van der Waals surface area contributed by atoms with Gasteiger partial charge in [0.05, 0.1) is 11.3 Å². The lowest BCUT2D eigenvalue weighted by atomic mass is 10.2. The quantitative estimate of drug-likeness (QED) is 0.531. The molecule has 0 aliphatic rings. The molecule has 8 nitrogen and oxygen atoms in total. The molecule has 0 spiro atoms. The molecule has 1 rings (SSSR count). The average molecular weight is 262 g/mol. The Kier molecular flexibility index (Phi) is 3.86. The maximum Gasteiger partial charge on any atom is 0.322 e. The highest BCUT2D eigenvalue weighted by molar-refractivity contribution is 7.89. The van der Waals surface area contributed by atoms with E-state index in [1.807, 2.05) is 0 Å². The summed E-state index contributed by atoms with van der Waals surface area (Å²) in [6.07, 6.45) is 1.67. The third-order valence-corrected chi connectivity index (χ3v) is 3.32. The highest BCUT2D eigenvalue weighted by atomic mass is 32.2. The first kappa shape index (κ1) is 13.2. The fourth-order valence-electron chi connectivity index (χ4n) is 1.09. The molecule has 0 aliphatic carbocycles. The van der Waals surface area contributed by atoms with Gasteiger partial charge in [0.25, 0.3) is 0 Å². The Morgan fingerprint density at radius 2 is 2.06 bits per heavy atom. The lowest BCUT2D eigenvalue weighted by Crippen LogP contribution is -2.42. The number of nitrogens with one attached hydrogen (secondary N) is 2. The van der Waals surface area contributed by atoms with E-state index in [-0.39, 0.29) is 4.90 Å². The van der Waals surface area contributed by atoms with E-state index in [1.165, 1.54) is 12.3 Å². The average Bonchev–Trinajstić information content (AvgIpc) is 2.68. The molecule has 1 unspecified atom stereocenters. The Labute approximate surface area is 96.3 Å². The van der Waals surface area contributed by atoms with Gasteiger partial charge in [-0.2, -0.15) is 4.72 Å². The molecule has 0 saturated carbocycles. The maximum absolute atomic E-state index is 11.6. The van der Waals surface area contributed by atoms with Gasteiger partial charge in [0.15, 0.2) is 0 Å². The smallest absolute Gasteiger partial charge is 0.322 e. The Morgan fingerprint density at radius 1 is 1.41 bits per heavy atom. The summed E-state index contributed by atoms with van der Waals surface area (Å²) in [7, 11) is -4.03. The van der Waals surface area contributed by atoms with Crippen LogP contribution >= 0.6 is 0 Å². The maximum atomic E-state index is 11.6. The van der Waals surface area contributed by atoms with E-state index in [2.05, 4.69) is 4.98 Å². The molecule has 0 fully saturated rings. The molecule has 0 aromatic carbocycles. The van der Waals surface area contributed by atoms with Crippen LogP contribution in [0.5, 0.6) is 0 Å². The van der Waals surface area contributed by atoms with E-state index in [4.69, 9.17) is 10.2 Å². The minimum Gasteiger partial charge on any atom is -0.481 e. The van der Waals surface area contributed by atoms with Gasteiger partial charge in [-0.1, -0.05) is 0 Å². The van der Waals surface area contributed by atoms with Crippen molar-refractivity contribution in [1.29, 1.82) is 0 Å². The summed E-state index contributed by atoms with van der Waals surface area (Å²) >= 11 is 0. The zero-order chi connectivity index (χ0) is 13.1. The molecule has 0 radical (unpaired) electrons. The number of H-pyrrole nitrogens is 1. The first-order chi connectivity index (χ1) is 7.83. The number of carboxylic acid groups (broad SMARTS) is 2. The molecule has 1 aromatic heterocycles. The first-order valence-corrected chi connectivity index (χ1v) is 5.91. The van der Waals surface area contributed by atoms with Gasteiger partial charge < -0.3 is 15.2 Å². The number of carbonyl (C=O) groups is 2. The van der Waals surface area contributed by atoms with Crippen LogP contribution in [0.25, 0.3) is 0 Å². The second-order valence-corrected chi connectivity index (χ2v) is 4.87. The molecule has 0 bridgehead atoms. The van der Waals surface area contributed by atoms with Crippen LogP contribution in [-0.4, -0.2) is 41.6 Å². The molecular formula is C8H10N2O6S. The Balaban J connectivity index is 2.87. The summed E-state index contributed by atoms with van der Waals surface area (Å²) in [5.41, 5.74) is 0. The monoisotopic (exact) mass is 262 g/mol. The minimum atomic E-state index is -4.03. The highest BCUT2D eigenvalue weighted by Crippen LogP contribution is 2.08. The van der Waals surface area contributed by atoms with Crippen LogP contribution in [0, 0.1) is 0 Å². The third-order valence-electron chi connectivity index (χ3n) is 1.85. The van der Waals surface area contributed by atoms with Crippen LogP contribution in [0.3, 0.4) is 0 Å². The van der Waals surface area contributed by atoms with Crippen molar-refractivity contribution in [3.8, 4) is 0 Å². The molecule has 1 heterocycles. The summed E-state index contributed by atoms with van der Waals surface area (Å²) < 4.78 is 25.0. The minimum absolute atomic E-state index is 0.158. The Hall–Kier alpha value is -1.87. The number of carboxylic acids is 2. The van der Waals surface area contributed by atoms with Crippen molar-refractivity contribution in [1.82, 2.24) is 9.71 Å². The number of aromatic amines is 1. The molecular weight excluding hydrogens is 252 g/mol. The normalized spacial score (nSPS) is 13.2. The van der Waals surface area contributed by atoms with Gasteiger partial charge in [-0.3, -0.25) is 9.59 Å². The lowest BCUT2D eigenvalue weighted by Gasteiger charge is -2.11. The zero-order valence-corrected chi connectivity index (χ0v) is 9.27. The summed E-state index contributed by atoms with van der Waals surface area (Å²) in [5.74, 6) is -2.96. The topological polar surface area (TPSA) is 137 Å². The lowest BCUT2D eigenvalue weighted by molar-refractivity contribution is -0.145. The Bertz CT molecular complexity index is 506. The molecule has 0 saturated heterocycles.